The molecular formula is C17H21ClN4O6. The highest BCUT2D eigenvalue weighted by Crippen LogP contribution is 2.38. The Morgan fingerprint density at radius 3 is 2.64 bits per heavy atom. The Morgan fingerprint density at radius 1 is 1.39 bits per heavy atom. The van der Waals surface area contributed by atoms with Gasteiger partial charge in [-0.2, -0.15) is 0 Å². The largest absolute Gasteiger partial charge is 0.493 e. The highest BCUT2D eigenvalue weighted by molar-refractivity contribution is 6.29. The second-order valence-electron chi connectivity index (χ2n) is 6.06. The smallest absolute Gasteiger partial charge is 0.421 e. The Hall–Kier alpha value is -2.85. The normalized spacial score (nSPS) is 11.9. The summed E-state index contributed by atoms with van der Waals surface area (Å²) in [4.78, 5) is 28.8. The van der Waals surface area contributed by atoms with Gasteiger partial charge in [0.05, 0.1) is 23.7 Å². The predicted octanol–water partition coefficient (Wildman–Crippen LogP) is 3.14. The van der Waals surface area contributed by atoms with Crippen LogP contribution in [0.5, 0.6) is 11.5 Å². The third-order valence-electron chi connectivity index (χ3n) is 3.81. The topological polar surface area (TPSA) is 109 Å². The summed E-state index contributed by atoms with van der Waals surface area (Å²) < 4.78 is 17.2. The standard InChI is InChI=1S/C17H21ClN4O6/c1-11(28-17(23)21-6-5-19-16(21)18)12-9-14(26-4)15(10-13(12)22(24)25)27-8-7-20(2)3/h5-6,9-11H,7-8H2,1-4H3. The van der Waals surface area contributed by atoms with Crippen LogP contribution in [0.3, 0.4) is 0 Å². The van der Waals surface area contributed by atoms with Gasteiger partial charge in [-0.15, -0.1) is 0 Å². The van der Waals surface area contributed by atoms with Crippen molar-refractivity contribution in [1.29, 1.82) is 0 Å². The number of benzene rings is 1. The summed E-state index contributed by atoms with van der Waals surface area (Å²) in [6.07, 6.45) is 0.902. The minimum Gasteiger partial charge on any atom is -0.493 e. The maximum absolute atomic E-state index is 12.2. The van der Waals surface area contributed by atoms with Gasteiger partial charge in [0.15, 0.2) is 11.5 Å². The van der Waals surface area contributed by atoms with Crippen molar-refractivity contribution >= 4 is 23.4 Å². The SMILES string of the molecule is COc1cc(C(C)OC(=O)n2ccnc2Cl)c([N+](=O)[O-])cc1OCCN(C)C. The number of aromatic nitrogens is 2. The third-order valence-corrected chi connectivity index (χ3v) is 4.09. The molecule has 28 heavy (non-hydrogen) atoms. The van der Waals surface area contributed by atoms with E-state index in [4.69, 9.17) is 25.8 Å². The van der Waals surface area contributed by atoms with E-state index in [0.29, 0.717) is 18.9 Å². The number of methoxy groups -OCH3 is 1. The van der Waals surface area contributed by atoms with Crippen LogP contribution < -0.4 is 9.47 Å². The van der Waals surface area contributed by atoms with Crippen molar-refractivity contribution in [1.82, 2.24) is 14.5 Å². The molecule has 1 aromatic heterocycles. The molecule has 0 bridgehead atoms. The first-order valence-corrected chi connectivity index (χ1v) is 8.66. The van der Waals surface area contributed by atoms with Crippen LogP contribution in [-0.2, 0) is 4.74 Å². The van der Waals surface area contributed by atoms with Crippen molar-refractivity contribution in [3.05, 3.63) is 45.5 Å². The van der Waals surface area contributed by atoms with Gasteiger partial charge < -0.3 is 19.1 Å². The van der Waals surface area contributed by atoms with Crippen molar-refractivity contribution in [2.24, 2.45) is 0 Å². The molecule has 152 valence electrons. The van der Waals surface area contributed by atoms with Crippen LogP contribution in [0.4, 0.5) is 10.5 Å². The van der Waals surface area contributed by atoms with Gasteiger partial charge in [-0.3, -0.25) is 10.1 Å². The van der Waals surface area contributed by atoms with Crippen LogP contribution in [0.2, 0.25) is 5.28 Å². The average Bonchev–Trinajstić information content (AvgIpc) is 3.06. The van der Waals surface area contributed by atoms with Gasteiger partial charge in [0.25, 0.3) is 5.69 Å². The molecule has 0 amide bonds. The van der Waals surface area contributed by atoms with Gasteiger partial charge in [0.2, 0.25) is 5.28 Å². The number of hydrogen-bond acceptors (Lipinski definition) is 8. The molecule has 0 N–H and O–H groups in total. The molecule has 0 aliphatic carbocycles. The summed E-state index contributed by atoms with van der Waals surface area (Å²) in [5, 5.41) is 11.5. The number of rotatable bonds is 8. The number of hydrogen-bond donors (Lipinski definition) is 0. The van der Waals surface area contributed by atoms with Crippen LogP contribution >= 0.6 is 11.6 Å². The molecule has 11 heteroatoms. The van der Waals surface area contributed by atoms with E-state index in [1.807, 2.05) is 19.0 Å². The first-order chi connectivity index (χ1) is 13.2. The summed E-state index contributed by atoms with van der Waals surface area (Å²) >= 11 is 5.79. The Kier molecular flexibility index (Phi) is 7.18. The van der Waals surface area contributed by atoms with Crippen molar-refractivity contribution in [2.45, 2.75) is 13.0 Å². The van der Waals surface area contributed by atoms with E-state index in [-0.39, 0.29) is 22.3 Å². The van der Waals surface area contributed by atoms with Crippen LogP contribution in [0.15, 0.2) is 24.5 Å². The van der Waals surface area contributed by atoms with Crippen LogP contribution in [0, 0.1) is 10.1 Å². The Balaban J connectivity index is 2.30. The fraction of sp³-hybridized carbons (Fsp3) is 0.412. The average molecular weight is 413 g/mol. The summed E-state index contributed by atoms with van der Waals surface area (Å²) in [5.41, 5.74) is -0.0934. The lowest BCUT2D eigenvalue weighted by Crippen LogP contribution is -2.20. The van der Waals surface area contributed by atoms with Crippen molar-refractivity contribution in [2.75, 3.05) is 34.4 Å². The highest BCUT2D eigenvalue weighted by atomic mass is 35.5. The monoisotopic (exact) mass is 412 g/mol. The molecule has 0 saturated heterocycles. The molecule has 1 unspecified atom stereocenters. The lowest BCUT2D eigenvalue weighted by molar-refractivity contribution is -0.386. The molecule has 0 fully saturated rings. The lowest BCUT2D eigenvalue weighted by Gasteiger charge is -2.18. The van der Waals surface area contributed by atoms with Gasteiger partial charge in [-0.1, -0.05) is 0 Å². The molecule has 1 heterocycles. The zero-order valence-electron chi connectivity index (χ0n) is 15.9. The van der Waals surface area contributed by atoms with E-state index < -0.39 is 17.1 Å². The molecule has 2 aromatic rings. The third kappa shape index (κ3) is 5.11. The lowest BCUT2D eigenvalue weighted by atomic mass is 10.1. The second kappa shape index (κ2) is 9.38. The molecule has 0 aliphatic heterocycles. The number of nitrogens with zero attached hydrogens (tertiary/aromatic N) is 4. The minimum atomic E-state index is -0.948. The molecule has 0 spiro atoms. The molecule has 0 saturated carbocycles. The Bertz CT molecular complexity index is 854. The number of halogens is 1. The fourth-order valence-corrected chi connectivity index (χ4v) is 2.53. The molecule has 0 aliphatic rings. The van der Waals surface area contributed by atoms with Crippen LogP contribution in [0.1, 0.15) is 18.6 Å². The molecule has 2 rings (SSSR count). The zero-order chi connectivity index (χ0) is 20.8. The van der Waals surface area contributed by atoms with Gasteiger partial charge in [-0.25, -0.2) is 14.3 Å². The number of ether oxygens (including phenoxy) is 3. The summed E-state index contributed by atoms with van der Waals surface area (Å²) in [6, 6.07) is 2.69. The minimum absolute atomic E-state index is 0.0751. The zero-order valence-corrected chi connectivity index (χ0v) is 16.7. The maximum atomic E-state index is 12.2. The molecule has 10 nitrogen and oxygen atoms in total. The first-order valence-electron chi connectivity index (χ1n) is 8.28. The predicted molar refractivity (Wildman–Crippen MR) is 101 cm³/mol. The molecule has 1 aromatic carbocycles. The summed E-state index contributed by atoms with van der Waals surface area (Å²) in [6.45, 7) is 2.46. The highest BCUT2D eigenvalue weighted by Gasteiger charge is 2.26. The van der Waals surface area contributed by atoms with E-state index in [1.54, 1.807) is 0 Å². The van der Waals surface area contributed by atoms with E-state index in [9.17, 15) is 14.9 Å². The number of carbonyl (C=O) groups excluding carboxylic acids is 1. The Labute approximate surface area is 166 Å². The number of imidazole rings is 1. The first kappa shape index (κ1) is 21.5. The quantitative estimate of drug-likeness (QED) is 0.480. The number of likely N-dealkylation sites (N-methyl/N-ethyl adjacent to an activating group) is 1. The van der Waals surface area contributed by atoms with Crippen LogP contribution in [0.25, 0.3) is 0 Å². The van der Waals surface area contributed by atoms with E-state index in [0.717, 1.165) is 4.57 Å². The van der Waals surface area contributed by atoms with E-state index >= 15 is 0 Å². The van der Waals surface area contributed by atoms with Gasteiger partial charge in [0.1, 0.15) is 12.7 Å². The number of nitro groups is 1. The maximum Gasteiger partial charge on any atom is 0.421 e. The number of nitro benzene ring substituents is 1. The van der Waals surface area contributed by atoms with Crippen molar-refractivity contribution in [3.63, 3.8) is 0 Å². The molecule has 0 radical (unpaired) electrons. The number of carbonyl (C=O) groups is 1. The summed E-state index contributed by atoms with van der Waals surface area (Å²) in [5.74, 6) is 0.527. The fourth-order valence-electron chi connectivity index (χ4n) is 2.35. The van der Waals surface area contributed by atoms with Gasteiger partial charge >= 0.3 is 6.09 Å². The Morgan fingerprint density at radius 2 is 2.11 bits per heavy atom. The van der Waals surface area contributed by atoms with Crippen LogP contribution in [-0.4, -0.2) is 59.8 Å². The van der Waals surface area contributed by atoms with Crippen molar-refractivity contribution < 1.29 is 23.9 Å². The summed E-state index contributed by atoms with van der Waals surface area (Å²) in [7, 11) is 5.19. The van der Waals surface area contributed by atoms with Crippen molar-refractivity contribution in [3.8, 4) is 11.5 Å². The molecular weight excluding hydrogens is 392 g/mol. The second-order valence-corrected chi connectivity index (χ2v) is 6.40. The van der Waals surface area contributed by atoms with E-state index in [1.165, 1.54) is 38.6 Å². The van der Waals surface area contributed by atoms with Gasteiger partial charge in [-0.05, 0) is 38.7 Å². The van der Waals surface area contributed by atoms with Gasteiger partial charge in [0, 0.05) is 18.9 Å². The van der Waals surface area contributed by atoms with E-state index in [2.05, 4.69) is 4.98 Å². The molecule has 1 atom stereocenters.